The van der Waals surface area contributed by atoms with E-state index in [1.807, 2.05) is 30.3 Å². The summed E-state index contributed by atoms with van der Waals surface area (Å²) in [5.41, 5.74) is 1.73. The van der Waals surface area contributed by atoms with Crippen molar-refractivity contribution in [2.24, 2.45) is 5.92 Å². The van der Waals surface area contributed by atoms with Crippen molar-refractivity contribution < 1.29 is 18.0 Å². The second-order valence-corrected chi connectivity index (χ2v) is 11.6. The number of hydrogen-bond donors (Lipinski definition) is 2. The molecule has 1 aliphatic rings. The Balaban J connectivity index is 1.48. The van der Waals surface area contributed by atoms with Crippen LogP contribution in [0.4, 0.5) is 5.69 Å². The number of amides is 2. The number of hydrogen-bond acceptors (Lipinski definition) is 4. The number of nitrogens with one attached hydrogen (secondary N) is 2. The highest BCUT2D eigenvalue weighted by molar-refractivity contribution is 7.89. The average molecular weight is 540 g/mol. The molecule has 37 heavy (non-hydrogen) atoms. The molecule has 1 saturated heterocycles. The SMILES string of the molecule is CC1CCN(S(=O)(=O)c2ccc(Cl)c(C(=O)Nc3ccccc3C(=O)NCCc3ccccc3)c2)CC1. The van der Waals surface area contributed by atoms with Crippen LogP contribution in [0, 0.1) is 5.92 Å². The Kier molecular flexibility index (Phi) is 8.63. The minimum absolute atomic E-state index is 0.0172. The standard InChI is InChI=1S/C28H30ClN3O4S/c1-20-14-17-32(18-15-20)37(35,36)22-11-12-25(29)24(19-22)28(34)31-26-10-6-5-9-23(26)27(33)30-16-13-21-7-3-2-4-8-21/h2-12,19-20H,13-18H2,1H3,(H,30,33)(H,31,34). The number of nitrogens with zero attached hydrogens (tertiary/aromatic N) is 1. The van der Waals surface area contributed by atoms with E-state index in [-0.39, 0.29) is 21.4 Å². The molecule has 7 nitrogen and oxygen atoms in total. The number of benzene rings is 3. The van der Waals surface area contributed by atoms with E-state index >= 15 is 0 Å². The topological polar surface area (TPSA) is 95.6 Å². The zero-order chi connectivity index (χ0) is 26.4. The smallest absolute Gasteiger partial charge is 0.257 e. The van der Waals surface area contributed by atoms with Gasteiger partial charge in [-0.25, -0.2) is 8.42 Å². The van der Waals surface area contributed by atoms with Crippen LogP contribution in [0.3, 0.4) is 0 Å². The lowest BCUT2D eigenvalue weighted by molar-refractivity contribution is 0.0955. The maximum absolute atomic E-state index is 13.2. The van der Waals surface area contributed by atoms with Gasteiger partial charge in [-0.3, -0.25) is 9.59 Å². The number of halogens is 1. The van der Waals surface area contributed by atoms with Gasteiger partial charge in [0, 0.05) is 19.6 Å². The molecule has 9 heteroatoms. The van der Waals surface area contributed by atoms with E-state index in [0.29, 0.717) is 43.2 Å². The molecule has 1 aliphatic heterocycles. The van der Waals surface area contributed by atoms with Gasteiger partial charge >= 0.3 is 0 Å². The van der Waals surface area contributed by atoms with E-state index in [9.17, 15) is 18.0 Å². The van der Waals surface area contributed by atoms with E-state index in [4.69, 9.17) is 11.6 Å². The van der Waals surface area contributed by atoms with Crippen LogP contribution in [0.5, 0.6) is 0 Å². The van der Waals surface area contributed by atoms with Crippen molar-refractivity contribution in [3.63, 3.8) is 0 Å². The first-order valence-corrected chi connectivity index (χ1v) is 14.1. The van der Waals surface area contributed by atoms with Gasteiger partial charge in [-0.05, 0) is 61.1 Å². The van der Waals surface area contributed by atoms with Gasteiger partial charge in [-0.2, -0.15) is 4.31 Å². The van der Waals surface area contributed by atoms with Gasteiger partial charge in [0.15, 0.2) is 0 Å². The molecule has 0 unspecified atom stereocenters. The summed E-state index contributed by atoms with van der Waals surface area (Å²) in [7, 11) is -3.76. The normalized spacial score (nSPS) is 14.8. The lowest BCUT2D eigenvalue weighted by Crippen LogP contribution is -2.37. The Morgan fingerprint density at radius 3 is 2.32 bits per heavy atom. The molecule has 3 aromatic rings. The summed E-state index contributed by atoms with van der Waals surface area (Å²) in [5, 5.41) is 5.73. The van der Waals surface area contributed by atoms with Crippen LogP contribution in [0.1, 0.15) is 46.0 Å². The third kappa shape index (κ3) is 6.57. The molecule has 4 rings (SSSR count). The molecular formula is C28H30ClN3O4S. The van der Waals surface area contributed by atoms with Crippen LogP contribution >= 0.6 is 11.6 Å². The zero-order valence-corrected chi connectivity index (χ0v) is 22.2. The monoisotopic (exact) mass is 539 g/mol. The van der Waals surface area contributed by atoms with Crippen molar-refractivity contribution in [1.29, 1.82) is 0 Å². The quantitative estimate of drug-likeness (QED) is 0.422. The fraction of sp³-hybridized carbons (Fsp3) is 0.286. The summed E-state index contributed by atoms with van der Waals surface area (Å²) >= 11 is 6.29. The Morgan fingerprint density at radius 1 is 0.919 bits per heavy atom. The lowest BCUT2D eigenvalue weighted by Gasteiger charge is -2.29. The predicted molar refractivity (Wildman–Crippen MR) is 145 cm³/mol. The molecule has 1 heterocycles. The summed E-state index contributed by atoms with van der Waals surface area (Å²) in [6.07, 6.45) is 2.27. The maximum atomic E-state index is 13.2. The van der Waals surface area contributed by atoms with Crippen molar-refractivity contribution >= 4 is 39.1 Å². The van der Waals surface area contributed by atoms with Crippen LogP contribution in [0.25, 0.3) is 0 Å². The first kappa shape index (κ1) is 26.9. The number of carbonyl (C=O) groups excluding carboxylic acids is 2. The fourth-order valence-corrected chi connectivity index (χ4v) is 5.95. The first-order valence-electron chi connectivity index (χ1n) is 12.3. The molecule has 3 aromatic carbocycles. The Labute approximate surface area is 222 Å². The third-order valence-electron chi connectivity index (χ3n) is 6.52. The van der Waals surface area contributed by atoms with E-state index < -0.39 is 15.9 Å². The van der Waals surface area contributed by atoms with Crippen molar-refractivity contribution in [3.05, 3.63) is 94.5 Å². The minimum atomic E-state index is -3.76. The molecule has 0 saturated carbocycles. The van der Waals surface area contributed by atoms with Gasteiger partial charge in [-0.15, -0.1) is 0 Å². The van der Waals surface area contributed by atoms with Crippen LogP contribution in [-0.4, -0.2) is 44.2 Å². The third-order valence-corrected chi connectivity index (χ3v) is 8.75. The molecule has 0 spiro atoms. The van der Waals surface area contributed by atoms with Crippen molar-refractivity contribution in [1.82, 2.24) is 9.62 Å². The molecule has 0 radical (unpaired) electrons. The molecule has 194 valence electrons. The van der Waals surface area contributed by atoms with Crippen LogP contribution in [0.15, 0.2) is 77.7 Å². The maximum Gasteiger partial charge on any atom is 0.257 e. The van der Waals surface area contributed by atoms with Gasteiger partial charge in [0.2, 0.25) is 10.0 Å². The van der Waals surface area contributed by atoms with Crippen molar-refractivity contribution in [2.45, 2.75) is 31.1 Å². The van der Waals surface area contributed by atoms with Crippen LogP contribution in [-0.2, 0) is 16.4 Å². The molecule has 1 fully saturated rings. The summed E-state index contributed by atoms with van der Waals surface area (Å²) in [5.74, 6) is -0.443. The number of rotatable bonds is 8. The second kappa shape index (κ2) is 11.9. The van der Waals surface area contributed by atoms with Crippen molar-refractivity contribution in [2.75, 3.05) is 25.0 Å². The van der Waals surface area contributed by atoms with Crippen LogP contribution < -0.4 is 10.6 Å². The van der Waals surface area contributed by atoms with E-state index in [0.717, 1.165) is 18.4 Å². The highest BCUT2D eigenvalue weighted by atomic mass is 35.5. The number of anilines is 1. The molecule has 2 amide bonds. The van der Waals surface area contributed by atoms with Gasteiger partial charge in [0.25, 0.3) is 11.8 Å². The Bertz CT molecular complexity index is 1370. The van der Waals surface area contributed by atoms with Gasteiger partial charge in [-0.1, -0.05) is 61.0 Å². The molecule has 2 N–H and O–H groups in total. The van der Waals surface area contributed by atoms with E-state index in [1.54, 1.807) is 24.3 Å². The molecule has 0 aliphatic carbocycles. The fourth-order valence-electron chi connectivity index (χ4n) is 4.25. The molecule has 0 bridgehead atoms. The highest BCUT2D eigenvalue weighted by Crippen LogP contribution is 2.27. The largest absolute Gasteiger partial charge is 0.352 e. The lowest BCUT2D eigenvalue weighted by atomic mass is 10.0. The predicted octanol–water partition coefficient (Wildman–Crippen LogP) is 4.99. The summed E-state index contributed by atoms with van der Waals surface area (Å²) in [6, 6.07) is 20.6. The first-order chi connectivity index (χ1) is 17.8. The molecule has 0 aromatic heterocycles. The number of sulfonamides is 1. The van der Waals surface area contributed by atoms with Crippen LogP contribution in [0.2, 0.25) is 5.02 Å². The summed E-state index contributed by atoms with van der Waals surface area (Å²) in [4.78, 5) is 26.0. The van der Waals surface area contributed by atoms with Gasteiger partial charge in [0.05, 0.1) is 26.7 Å². The van der Waals surface area contributed by atoms with E-state index in [1.165, 1.54) is 22.5 Å². The average Bonchev–Trinajstić information content (AvgIpc) is 2.90. The molecule has 0 atom stereocenters. The molecular weight excluding hydrogens is 510 g/mol. The second-order valence-electron chi connectivity index (χ2n) is 9.22. The Hall–Kier alpha value is -3.20. The number of carbonyl (C=O) groups is 2. The minimum Gasteiger partial charge on any atom is -0.352 e. The highest BCUT2D eigenvalue weighted by Gasteiger charge is 2.29. The Morgan fingerprint density at radius 2 is 1.59 bits per heavy atom. The van der Waals surface area contributed by atoms with Gasteiger partial charge in [0.1, 0.15) is 0 Å². The van der Waals surface area contributed by atoms with E-state index in [2.05, 4.69) is 17.6 Å². The van der Waals surface area contributed by atoms with Gasteiger partial charge < -0.3 is 10.6 Å². The summed E-state index contributed by atoms with van der Waals surface area (Å²) < 4.78 is 27.8. The zero-order valence-electron chi connectivity index (χ0n) is 20.6. The summed E-state index contributed by atoms with van der Waals surface area (Å²) in [6.45, 7) is 3.43. The van der Waals surface area contributed by atoms with Crippen molar-refractivity contribution in [3.8, 4) is 0 Å². The number of piperidine rings is 1. The number of para-hydroxylation sites is 1.